The summed E-state index contributed by atoms with van der Waals surface area (Å²) >= 11 is 0. The Morgan fingerprint density at radius 3 is 2.52 bits per heavy atom. The highest BCUT2D eigenvalue weighted by molar-refractivity contribution is 6.05. The average molecular weight is 304 g/mol. The van der Waals surface area contributed by atoms with Crippen LogP contribution in [0.25, 0.3) is 10.8 Å². The van der Waals surface area contributed by atoms with Gasteiger partial charge in [-0.25, -0.2) is 0 Å². The van der Waals surface area contributed by atoms with Crippen LogP contribution in [0.2, 0.25) is 0 Å². The third kappa shape index (κ3) is 2.92. The lowest BCUT2D eigenvalue weighted by molar-refractivity contribution is 0.101. The molecule has 0 saturated carbocycles. The predicted octanol–water partition coefficient (Wildman–Crippen LogP) is 3.44. The Balaban J connectivity index is 2.11. The lowest BCUT2D eigenvalue weighted by Crippen LogP contribution is -2.28. The Morgan fingerprint density at radius 1 is 1.09 bits per heavy atom. The SMILES string of the molecule is C=CCn1c(C(=O)Nc2ccccc2)cc2ccccc2c1=O. The van der Waals surface area contributed by atoms with E-state index < -0.39 is 0 Å². The van der Waals surface area contributed by atoms with Crippen molar-refractivity contribution in [3.8, 4) is 0 Å². The molecule has 4 nitrogen and oxygen atoms in total. The highest BCUT2D eigenvalue weighted by Crippen LogP contribution is 2.14. The van der Waals surface area contributed by atoms with Crippen LogP contribution in [0.4, 0.5) is 5.69 Å². The summed E-state index contributed by atoms with van der Waals surface area (Å²) in [7, 11) is 0. The largest absolute Gasteiger partial charge is 0.321 e. The Morgan fingerprint density at radius 2 is 1.78 bits per heavy atom. The second-order valence-electron chi connectivity index (χ2n) is 5.14. The predicted molar refractivity (Wildman–Crippen MR) is 92.8 cm³/mol. The Hall–Kier alpha value is -3.14. The number of benzene rings is 2. The van der Waals surface area contributed by atoms with E-state index in [-0.39, 0.29) is 18.0 Å². The van der Waals surface area contributed by atoms with Gasteiger partial charge in [-0.05, 0) is 29.7 Å². The van der Waals surface area contributed by atoms with Gasteiger partial charge in [-0.15, -0.1) is 6.58 Å². The van der Waals surface area contributed by atoms with Crippen molar-refractivity contribution in [2.24, 2.45) is 0 Å². The fourth-order valence-corrected chi connectivity index (χ4v) is 2.51. The first kappa shape index (κ1) is 14.8. The fourth-order valence-electron chi connectivity index (χ4n) is 2.51. The number of hydrogen-bond acceptors (Lipinski definition) is 2. The van der Waals surface area contributed by atoms with Gasteiger partial charge in [0.2, 0.25) is 0 Å². The molecule has 0 saturated heterocycles. The molecule has 1 amide bonds. The van der Waals surface area contributed by atoms with Gasteiger partial charge in [0.15, 0.2) is 0 Å². The van der Waals surface area contributed by atoms with E-state index in [1.807, 2.05) is 36.4 Å². The summed E-state index contributed by atoms with van der Waals surface area (Å²) in [4.78, 5) is 25.2. The number of hydrogen-bond donors (Lipinski definition) is 1. The molecule has 0 atom stereocenters. The van der Waals surface area contributed by atoms with Gasteiger partial charge >= 0.3 is 0 Å². The number of allylic oxidation sites excluding steroid dienone is 1. The molecule has 4 heteroatoms. The average Bonchev–Trinajstić information content (AvgIpc) is 2.58. The highest BCUT2D eigenvalue weighted by Gasteiger charge is 2.15. The zero-order chi connectivity index (χ0) is 16.2. The second-order valence-corrected chi connectivity index (χ2v) is 5.14. The second kappa shape index (κ2) is 6.32. The number of nitrogens with one attached hydrogen (secondary N) is 1. The minimum absolute atomic E-state index is 0.193. The van der Waals surface area contributed by atoms with E-state index in [1.165, 1.54) is 4.57 Å². The van der Waals surface area contributed by atoms with Gasteiger partial charge in [-0.2, -0.15) is 0 Å². The molecule has 0 radical (unpaired) electrons. The van der Waals surface area contributed by atoms with Crippen molar-refractivity contribution in [2.75, 3.05) is 5.32 Å². The van der Waals surface area contributed by atoms with Gasteiger partial charge in [0.25, 0.3) is 11.5 Å². The third-order valence-electron chi connectivity index (χ3n) is 3.60. The van der Waals surface area contributed by atoms with E-state index in [0.29, 0.717) is 16.8 Å². The van der Waals surface area contributed by atoms with Crippen LogP contribution in [0.3, 0.4) is 0 Å². The normalized spacial score (nSPS) is 10.4. The molecule has 0 fully saturated rings. The zero-order valence-electron chi connectivity index (χ0n) is 12.5. The molecular formula is C19H16N2O2. The molecule has 23 heavy (non-hydrogen) atoms. The minimum atomic E-state index is -0.319. The Bertz CT molecular complexity index is 927. The van der Waals surface area contributed by atoms with E-state index >= 15 is 0 Å². The van der Waals surface area contributed by atoms with Crippen LogP contribution in [-0.2, 0) is 6.54 Å². The number of carbonyl (C=O) groups excluding carboxylic acids is 1. The Labute approximate surface area is 133 Å². The van der Waals surface area contributed by atoms with Crippen LogP contribution in [0.5, 0.6) is 0 Å². The van der Waals surface area contributed by atoms with E-state index in [1.54, 1.807) is 30.3 Å². The number of nitrogens with zero attached hydrogens (tertiary/aromatic N) is 1. The van der Waals surface area contributed by atoms with Crippen LogP contribution in [0.1, 0.15) is 10.5 Å². The standard InChI is InChI=1S/C19H16N2O2/c1-2-12-21-17(18(22)20-15-9-4-3-5-10-15)13-14-8-6-7-11-16(14)19(21)23/h2-11,13H,1,12H2,(H,20,22). The number of carbonyl (C=O) groups is 1. The summed E-state index contributed by atoms with van der Waals surface area (Å²) in [5.74, 6) is -0.319. The molecule has 114 valence electrons. The molecule has 3 aromatic rings. The smallest absolute Gasteiger partial charge is 0.272 e. The monoisotopic (exact) mass is 304 g/mol. The summed E-state index contributed by atoms with van der Waals surface area (Å²) in [6.45, 7) is 3.95. The van der Waals surface area contributed by atoms with Crippen molar-refractivity contribution in [1.29, 1.82) is 0 Å². The van der Waals surface area contributed by atoms with Crippen LogP contribution >= 0.6 is 0 Å². The zero-order valence-corrected chi connectivity index (χ0v) is 12.5. The lowest BCUT2D eigenvalue weighted by atomic mass is 10.1. The van der Waals surface area contributed by atoms with Gasteiger partial charge in [-0.3, -0.25) is 14.2 Å². The maximum atomic E-state index is 12.6. The maximum absolute atomic E-state index is 12.6. The van der Waals surface area contributed by atoms with E-state index in [0.717, 1.165) is 5.39 Å². The number of anilines is 1. The van der Waals surface area contributed by atoms with E-state index in [2.05, 4.69) is 11.9 Å². The summed E-state index contributed by atoms with van der Waals surface area (Å²) in [6.07, 6.45) is 1.61. The number of fused-ring (bicyclic) bond motifs is 1. The molecule has 0 spiro atoms. The number of amides is 1. The number of rotatable bonds is 4. The van der Waals surface area contributed by atoms with Crippen molar-refractivity contribution < 1.29 is 4.79 Å². The van der Waals surface area contributed by atoms with Gasteiger partial charge < -0.3 is 5.32 Å². The molecule has 0 bridgehead atoms. The van der Waals surface area contributed by atoms with Crippen molar-refractivity contribution in [1.82, 2.24) is 4.57 Å². The maximum Gasteiger partial charge on any atom is 0.272 e. The third-order valence-corrected chi connectivity index (χ3v) is 3.60. The summed E-state index contributed by atoms with van der Waals surface area (Å²) in [6, 6.07) is 18.1. The van der Waals surface area contributed by atoms with Crippen LogP contribution in [0, 0.1) is 0 Å². The summed E-state index contributed by atoms with van der Waals surface area (Å²) < 4.78 is 1.44. The van der Waals surface area contributed by atoms with Gasteiger partial charge in [0, 0.05) is 17.6 Å². The van der Waals surface area contributed by atoms with Crippen molar-refractivity contribution >= 4 is 22.4 Å². The lowest BCUT2D eigenvalue weighted by Gasteiger charge is -2.13. The molecule has 1 heterocycles. The first-order valence-electron chi connectivity index (χ1n) is 7.30. The number of pyridine rings is 1. The summed E-state index contributed by atoms with van der Waals surface area (Å²) in [5.41, 5.74) is 0.807. The Kier molecular flexibility index (Phi) is 4.06. The van der Waals surface area contributed by atoms with Crippen molar-refractivity contribution in [3.63, 3.8) is 0 Å². The van der Waals surface area contributed by atoms with Gasteiger partial charge in [0.1, 0.15) is 5.69 Å². The van der Waals surface area contributed by atoms with Gasteiger partial charge in [0.05, 0.1) is 0 Å². The topological polar surface area (TPSA) is 51.1 Å². The number of aromatic nitrogens is 1. The molecule has 0 unspecified atom stereocenters. The van der Waals surface area contributed by atoms with Crippen molar-refractivity contribution in [3.05, 3.63) is 89.4 Å². The van der Waals surface area contributed by atoms with Gasteiger partial charge in [-0.1, -0.05) is 42.5 Å². The molecule has 3 rings (SSSR count). The molecule has 1 N–H and O–H groups in total. The van der Waals surface area contributed by atoms with Crippen LogP contribution < -0.4 is 10.9 Å². The first-order valence-corrected chi connectivity index (χ1v) is 7.30. The van der Waals surface area contributed by atoms with E-state index in [9.17, 15) is 9.59 Å². The van der Waals surface area contributed by atoms with Crippen molar-refractivity contribution in [2.45, 2.75) is 6.54 Å². The molecule has 2 aromatic carbocycles. The highest BCUT2D eigenvalue weighted by atomic mass is 16.2. The fraction of sp³-hybridized carbons (Fsp3) is 0.0526. The minimum Gasteiger partial charge on any atom is -0.321 e. The van der Waals surface area contributed by atoms with Crippen LogP contribution in [-0.4, -0.2) is 10.5 Å². The summed E-state index contributed by atoms with van der Waals surface area (Å²) in [5, 5.41) is 4.15. The first-order chi connectivity index (χ1) is 11.2. The molecular weight excluding hydrogens is 288 g/mol. The molecule has 0 aliphatic rings. The molecule has 1 aromatic heterocycles. The van der Waals surface area contributed by atoms with Crippen LogP contribution in [0.15, 0.2) is 78.1 Å². The van der Waals surface area contributed by atoms with E-state index in [4.69, 9.17) is 0 Å². The molecule has 0 aliphatic heterocycles. The molecule has 0 aliphatic carbocycles. The quantitative estimate of drug-likeness (QED) is 0.751. The number of para-hydroxylation sites is 1.